The fourth-order valence-electron chi connectivity index (χ4n) is 3.02. The molecule has 1 N–H and O–H groups in total. The average Bonchev–Trinajstić information content (AvgIpc) is 2.64. The smallest absolute Gasteiger partial charge is 0.424 e. The van der Waals surface area contributed by atoms with Crippen molar-refractivity contribution in [1.82, 2.24) is 0 Å². The summed E-state index contributed by atoms with van der Waals surface area (Å²) in [6.45, 7) is 4.99. The molecule has 3 aromatic rings. The second-order valence-corrected chi connectivity index (χ2v) is 7.98. The topological polar surface area (TPSA) is 29.5 Å². The third-order valence-electron chi connectivity index (χ3n) is 4.87. The van der Waals surface area contributed by atoms with Crippen molar-refractivity contribution in [3.8, 4) is 5.75 Å². The van der Waals surface area contributed by atoms with E-state index >= 15 is 0 Å². The number of hydrogen-bond acceptors (Lipinski definition) is 2. The number of alkyl halides is 3. The highest BCUT2D eigenvalue weighted by molar-refractivity contribution is 5.83. The third kappa shape index (κ3) is 3.99. The molecule has 0 aliphatic carbocycles. The molecule has 0 saturated heterocycles. The fourth-order valence-corrected chi connectivity index (χ4v) is 3.02. The third-order valence-corrected chi connectivity index (χ3v) is 4.87. The van der Waals surface area contributed by atoms with Crippen molar-refractivity contribution in [2.45, 2.75) is 38.0 Å². The highest BCUT2D eigenvalue weighted by atomic mass is 19.4. The summed E-state index contributed by atoms with van der Waals surface area (Å²) in [6, 6.07) is 18.4. The highest BCUT2D eigenvalue weighted by Gasteiger charge is 2.56. The van der Waals surface area contributed by atoms with Crippen molar-refractivity contribution >= 4 is 10.8 Å². The van der Waals surface area contributed by atoms with E-state index in [0.717, 1.165) is 16.3 Å². The standard InChI is InChI=1S/C23H23F3O2/c1-21(2,3)18-9-11-19(12-10-18)22(27,23(24,25)26)15-28-20-13-8-16-6-4-5-7-17(16)14-20/h4-14,27H,15H2,1-3H3. The first-order valence-electron chi connectivity index (χ1n) is 9.02. The maximum absolute atomic E-state index is 13.8. The van der Waals surface area contributed by atoms with Crippen molar-refractivity contribution in [3.63, 3.8) is 0 Å². The predicted molar refractivity (Wildman–Crippen MR) is 105 cm³/mol. The highest BCUT2D eigenvalue weighted by Crippen LogP contribution is 2.40. The van der Waals surface area contributed by atoms with Crippen molar-refractivity contribution in [1.29, 1.82) is 0 Å². The van der Waals surface area contributed by atoms with Crippen molar-refractivity contribution in [2.24, 2.45) is 0 Å². The van der Waals surface area contributed by atoms with Gasteiger partial charge in [-0.3, -0.25) is 0 Å². The van der Waals surface area contributed by atoms with E-state index in [4.69, 9.17) is 4.74 Å². The van der Waals surface area contributed by atoms with Gasteiger partial charge in [0.1, 0.15) is 12.4 Å². The van der Waals surface area contributed by atoms with Crippen LogP contribution in [-0.4, -0.2) is 17.9 Å². The molecule has 0 saturated carbocycles. The van der Waals surface area contributed by atoms with Gasteiger partial charge in [0.05, 0.1) is 0 Å². The minimum Gasteiger partial charge on any atom is -0.490 e. The summed E-state index contributed by atoms with van der Waals surface area (Å²) in [7, 11) is 0. The maximum atomic E-state index is 13.8. The number of hydrogen-bond donors (Lipinski definition) is 1. The lowest BCUT2D eigenvalue weighted by Gasteiger charge is -2.31. The van der Waals surface area contributed by atoms with E-state index in [0.29, 0.717) is 0 Å². The van der Waals surface area contributed by atoms with Crippen LogP contribution in [0.2, 0.25) is 0 Å². The van der Waals surface area contributed by atoms with Crippen LogP contribution in [0.3, 0.4) is 0 Å². The Labute approximate surface area is 162 Å². The number of ether oxygens (including phenoxy) is 1. The summed E-state index contributed by atoms with van der Waals surface area (Å²) in [4.78, 5) is 0. The number of rotatable bonds is 4. The van der Waals surface area contributed by atoms with Crippen molar-refractivity contribution < 1.29 is 23.0 Å². The first kappa shape index (κ1) is 20.2. The molecule has 0 aromatic heterocycles. The maximum Gasteiger partial charge on any atom is 0.424 e. The molecule has 3 aromatic carbocycles. The Morgan fingerprint density at radius 1 is 0.786 bits per heavy atom. The second kappa shape index (κ2) is 7.13. The molecule has 1 atom stereocenters. The Morgan fingerprint density at radius 2 is 1.36 bits per heavy atom. The SMILES string of the molecule is CC(C)(C)c1ccc(C(O)(COc2ccc3ccccc3c2)C(F)(F)F)cc1. The van der Waals surface area contributed by atoms with Gasteiger partial charge in [-0.05, 0) is 39.4 Å². The lowest BCUT2D eigenvalue weighted by molar-refractivity contribution is -0.275. The molecule has 0 radical (unpaired) electrons. The van der Waals surface area contributed by atoms with Crippen LogP contribution >= 0.6 is 0 Å². The van der Waals surface area contributed by atoms with Crippen LogP contribution in [0.4, 0.5) is 13.2 Å². The zero-order chi connectivity index (χ0) is 20.6. The van der Waals surface area contributed by atoms with Gasteiger partial charge in [0.25, 0.3) is 0 Å². The van der Waals surface area contributed by atoms with E-state index < -0.39 is 18.4 Å². The number of aliphatic hydroxyl groups is 1. The van der Waals surface area contributed by atoms with Crippen LogP contribution in [0, 0.1) is 0 Å². The van der Waals surface area contributed by atoms with E-state index in [1.807, 2.05) is 45.0 Å². The van der Waals surface area contributed by atoms with Gasteiger partial charge in [-0.2, -0.15) is 13.2 Å². The summed E-state index contributed by atoms with van der Waals surface area (Å²) in [6.07, 6.45) is -4.88. The molecule has 3 rings (SSSR count). The molecule has 0 aliphatic heterocycles. The molecule has 5 heteroatoms. The zero-order valence-electron chi connectivity index (χ0n) is 16.0. The molecule has 148 valence electrons. The first-order chi connectivity index (χ1) is 13.0. The van der Waals surface area contributed by atoms with Gasteiger partial charge in [0, 0.05) is 0 Å². The largest absolute Gasteiger partial charge is 0.490 e. The Kier molecular flexibility index (Phi) is 5.15. The molecule has 0 aliphatic rings. The summed E-state index contributed by atoms with van der Waals surface area (Å²) in [5.41, 5.74) is -2.66. The van der Waals surface area contributed by atoms with Crippen LogP contribution < -0.4 is 4.74 Å². The van der Waals surface area contributed by atoms with Crippen LogP contribution in [0.1, 0.15) is 31.9 Å². The molecule has 0 fully saturated rings. The van der Waals surface area contributed by atoms with Gasteiger partial charge in [0.15, 0.2) is 0 Å². The molecule has 0 heterocycles. The minimum absolute atomic E-state index is 0.198. The Bertz CT molecular complexity index is 956. The molecule has 0 spiro atoms. The normalized spacial score (nSPS) is 14.7. The van der Waals surface area contributed by atoms with E-state index in [-0.39, 0.29) is 16.7 Å². The zero-order valence-corrected chi connectivity index (χ0v) is 16.0. The summed E-state index contributed by atoms with van der Waals surface area (Å²) < 4.78 is 46.6. The Morgan fingerprint density at radius 3 is 1.93 bits per heavy atom. The van der Waals surface area contributed by atoms with Crippen molar-refractivity contribution in [2.75, 3.05) is 6.61 Å². The number of benzene rings is 3. The van der Waals surface area contributed by atoms with Crippen LogP contribution in [0.15, 0.2) is 66.7 Å². The molecular formula is C23H23F3O2. The lowest BCUT2D eigenvalue weighted by Crippen LogP contribution is -2.47. The fraction of sp³-hybridized carbons (Fsp3) is 0.304. The van der Waals surface area contributed by atoms with Gasteiger partial charge in [-0.1, -0.05) is 75.4 Å². The first-order valence-corrected chi connectivity index (χ1v) is 9.02. The lowest BCUT2D eigenvalue weighted by atomic mass is 9.84. The molecule has 2 nitrogen and oxygen atoms in total. The average molecular weight is 388 g/mol. The summed E-state index contributed by atoms with van der Waals surface area (Å²) in [5, 5.41) is 12.3. The number of fused-ring (bicyclic) bond motifs is 1. The minimum atomic E-state index is -4.88. The van der Waals surface area contributed by atoms with E-state index in [2.05, 4.69) is 0 Å². The van der Waals surface area contributed by atoms with Crippen LogP contribution in [-0.2, 0) is 11.0 Å². The summed E-state index contributed by atoms with van der Waals surface area (Å²) in [5.74, 6) is 0.271. The van der Waals surface area contributed by atoms with Gasteiger partial charge in [0.2, 0.25) is 5.60 Å². The summed E-state index contributed by atoms with van der Waals surface area (Å²) >= 11 is 0. The van der Waals surface area contributed by atoms with Crippen molar-refractivity contribution in [3.05, 3.63) is 77.9 Å². The molecule has 0 bridgehead atoms. The Balaban J connectivity index is 1.88. The van der Waals surface area contributed by atoms with Crippen LogP contribution in [0.25, 0.3) is 10.8 Å². The van der Waals surface area contributed by atoms with E-state index in [1.165, 1.54) is 12.1 Å². The van der Waals surface area contributed by atoms with Crippen LogP contribution in [0.5, 0.6) is 5.75 Å². The predicted octanol–water partition coefficient (Wildman–Crippen LogP) is 5.97. The van der Waals surface area contributed by atoms with Gasteiger partial charge in [-0.25, -0.2) is 0 Å². The van der Waals surface area contributed by atoms with E-state index in [9.17, 15) is 18.3 Å². The molecular weight excluding hydrogens is 365 g/mol. The second-order valence-electron chi connectivity index (χ2n) is 7.98. The van der Waals surface area contributed by atoms with E-state index in [1.54, 1.807) is 30.3 Å². The van der Waals surface area contributed by atoms with Gasteiger partial charge < -0.3 is 9.84 Å². The quantitative estimate of drug-likeness (QED) is 0.597. The van der Waals surface area contributed by atoms with Gasteiger partial charge in [-0.15, -0.1) is 0 Å². The molecule has 1 unspecified atom stereocenters. The Hall–Kier alpha value is -2.53. The molecule has 28 heavy (non-hydrogen) atoms. The van der Waals surface area contributed by atoms with Gasteiger partial charge >= 0.3 is 6.18 Å². The number of halogens is 3. The monoisotopic (exact) mass is 388 g/mol. The molecule has 0 amide bonds.